The second kappa shape index (κ2) is 14.5. The number of thioether (sulfide) groups is 2. The Kier molecular flexibility index (Phi) is 12.8. The molecular weight excluding hydrogens is 830 g/mol. The Hall–Kier alpha value is 1.42. The van der Waals surface area contributed by atoms with Gasteiger partial charge in [0.2, 0.25) is 0 Å². The van der Waals surface area contributed by atoms with Gasteiger partial charge in [-0.25, -0.2) is 0 Å². The van der Waals surface area contributed by atoms with Crippen molar-refractivity contribution in [2.45, 2.75) is 18.8 Å². The molecule has 0 aromatic heterocycles. The SMILES string of the molecule is Cl[C@@H]1COc2cc(Br)c(Br)cc2OC[C@@H](Cl)S[C@@H](Cl)COc2cc(Br)c(Br)cc2OC[C@H](Cl)S1. The molecule has 0 saturated heterocycles. The molecule has 0 aliphatic carbocycles. The lowest BCUT2D eigenvalue weighted by Crippen LogP contribution is -2.18. The molecule has 0 fully saturated rings. The van der Waals surface area contributed by atoms with Crippen LogP contribution in [-0.4, -0.2) is 45.3 Å². The van der Waals surface area contributed by atoms with Crippen molar-refractivity contribution in [2.75, 3.05) is 26.4 Å². The molecule has 4 nitrogen and oxygen atoms in total. The van der Waals surface area contributed by atoms with Crippen molar-refractivity contribution in [3.63, 3.8) is 0 Å². The first kappa shape index (κ1) is 30.0. The van der Waals surface area contributed by atoms with Crippen LogP contribution >= 0.6 is 134 Å². The largest absolute Gasteiger partial charge is 0.487 e. The molecule has 0 unspecified atom stereocenters. The van der Waals surface area contributed by atoms with Crippen LogP contribution in [0.2, 0.25) is 0 Å². The van der Waals surface area contributed by atoms with Gasteiger partial charge >= 0.3 is 0 Å². The summed E-state index contributed by atoms with van der Waals surface area (Å²) >= 11 is 42.4. The summed E-state index contributed by atoms with van der Waals surface area (Å²) in [5.74, 6) is 2.09. The van der Waals surface area contributed by atoms with Crippen molar-refractivity contribution in [2.24, 2.45) is 0 Å². The van der Waals surface area contributed by atoms with Crippen molar-refractivity contribution >= 4 is 134 Å². The number of benzene rings is 2. The maximum atomic E-state index is 6.47. The van der Waals surface area contributed by atoms with Gasteiger partial charge < -0.3 is 18.9 Å². The second-order valence-corrected chi connectivity index (χ2v) is 16.0. The molecule has 4 atom stereocenters. The lowest BCUT2D eigenvalue weighted by Gasteiger charge is -2.21. The summed E-state index contributed by atoms with van der Waals surface area (Å²) < 4.78 is 25.3. The van der Waals surface area contributed by atoms with Gasteiger partial charge in [0.15, 0.2) is 23.0 Å². The third kappa shape index (κ3) is 9.31. The van der Waals surface area contributed by atoms with Crippen LogP contribution in [-0.2, 0) is 0 Å². The monoisotopic (exact) mass is 840 g/mol. The van der Waals surface area contributed by atoms with E-state index in [-0.39, 0.29) is 26.4 Å². The Morgan fingerprint density at radius 3 is 0.912 bits per heavy atom. The van der Waals surface area contributed by atoms with Crippen LogP contribution < -0.4 is 18.9 Å². The quantitative estimate of drug-likeness (QED) is 0.246. The van der Waals surface area contributed by atoms with E-state index in [1.165, 1.54) is 23.5 Å². The summed E-state index contributed by atoms with van der Waals surface area (Å²) in [7, 11) is 0. The first-order valence-electron chi connectivity index (χ1n) is 9.49. The molecule has 188 valence electrons. The van der Waals surface area contributed by atoms with Crippen molar-refractivity contribution in [1.29, 1.82) is 0 Å². The molecular formula is C20H16Br4Cl4O4S2. The topological polar surface area (TPSA) is 36.9 Å². The lowest BCUT2D eigenvalue weighted by atomic mass is 10.3. The zero-order valence-corrected chi connectivity index (χ0v) is 27.9. The fourth-order valence-corrected chi connectivity index (χ4v) is 7.15. The van der Waals surface area contributed by atoms with Crippen LogP contribution in [0.1, 0.15) is 0 Å². The Labute approximate surface area is 260 Å². The van der Waals surface area contributed by atoms with E-state index < -0.39 is 18.8 Å². The van der Waals surface area contributed by atoms with Gasteiger partial charge in [-0.05, 0) is 88.0 Å². The smallest absolute Gasteiger partial charge is 0.162 e. The summed E-state index contributed by atoms with van der Waals surface area (Å²) in [5, 5.41) is 0. The van der Waals surface area contributed by atoms with Gasteiger partial charge in [-0.1, -0.05) is 0 Å². The minimum Gasteiger partial charge on any atom is -0.487 e. The standard InChI is InChI=1S/C20H16Br4Cl4O4S2/c21-9-1-13-14(2-10(9)22)30-6-18(26)34-20(28)8-32-16-4-12(24)11(23)3-15(16)31-7-19(27)33-17(25)5-29-13/h1-4,17-20H,5-8H2/t17-,18-,19+,20+. The van der Waals surface area contributed by atoms with Crippen molar-refractivity contribution in [3.05, 3.63) is 42.2 Å². The number of hydrogen-bond donors (Lipinski definition) is 0. The van der Waals surface area contributed by atoms with Gasteiger partial charge in [0.05, 0.1) is 0 Å². The highest BCUT2D eigenvalue weighted by Gasteiger charge is 2.21. The highest BCUT2D eigenvalue weighted by Crippen LogP contribution is 2.40. The number of halogens is 8. The number of rotatable bonds is 0. The molecule has 3 rings (SSSR count). The van der Waals surface area contributed by atoms with Crippen LogP contribution in [0.25, 0.3) is 0 Å². The molecule has 1 aliphatic heterocycles. The molecule has 2 aromatic rings. The molecule has 0 N–H and O–H groups in total. The van der Waals surface area contributed by atoms with Crippen LogP contribution in [0.15, 0.2) is 42.2 Å². The molecule has 0 spiro atoms. The van der Waals surface area contributed by atoms with Gasteiger partial charge in [0.1, 0.15) is 45.3 Å². The van der Waals surface area contributed by atoms with Crippen LogP contribution in [0.3, 0.4) is 0 Å². The minimum atomic E-state index is -0.430. The zero-order valence-electron chi connectivity index (χ0n) is 16.9. The van der Waals surface area contributed by atoms with E-state index in [9.17, 15) is 0 Å². The molecule has 0 radical (unpaired) electrons. The molecule has 1 aliphatic rings. The summed E-state index contributed by atoms with van der Waals surface area (Å²) in [6.45, 7) is 0.781. The molecule has 0 bridgehead atoms. The van der Waals surface area contributed by atoms with E-state index in [2.05, 4.69) is 63.7 Å². The van der Waals surface area contributed by atoms with E-state index >= 15 is 0 Å². The minimum absolute atomic E-state index is 0.195. The first-order valence-corrected chi connectivity index (χ1v) is 16.3. The zero-order chi connectivity index (χ0) is 24.8. The summed E-state index contributed by atoms with van der Waals surface area (Å²) in [6, 6.07) is 7.20. The highest BCUT2D eigenvalue weighted by atomic mass is 79.9. The number of ether oxygens (including phenoxy) is 4. The van der Waals surface area contributed by atoms with E-state index in [4.69, 9.17) is 65.4 Å². The predicted molar refractivity (Wildman–Crippen MR) is 159 cm³/mol. The van der Waals surface area contributed by atoms with Crippen LogP contribution in [0.5, 0.6) is 23.0 Å². The van der Waals surface area contributed by atoms with Crippen LogP contribution in [0.4, 0.5) is 0 Å². The van der Waals surface area contributed by atoms with Crippen molar-refractivity contribution < 1.29 is 18.9 Å². The Morgan fingerprint density at radius 2 is 0.706 bits per heavy atom. The summed E-state index contributed by atoms with van der Waals surface area (Å²) in [5.41, 5.74) is 0. The maximum absolute atomic E-state index is 6.47. The Bertz CT molecular complexity index is 843. The van der Waals surface area contributed by atoms with Gasteiger partial charge in [-0.2, -0.15) is 0 Å². The van der Waals surface area contributed by atoms with Gasteiger partial charge in [-0.3, -0.25) is 0 Å². The average Bonchev–Trinajstić information content (AvgIpc) is 2.77. The summed E-state index contributed by atoms with van der Waals surface area (Å²) in [6.07, 6.45) is 0. The van der Waals surface area contributed by atoms with Gasteiger partial charge in [0.25, 0.3) is 0 Å². The fraction of sp³-hybridized carbons (Fsp3) is 0.400. The van der Waals surface area contributed by atoms with Gasteiger partial charge in [0, 0.05) is 17.9 Å². The summed E-state index contributed by atoms with van der Waals surface area (Å²) in [4.78, 5) is 0. The lowest BCUT2D eigenvalue weighted by molar-refractivity contribution is 0.279. The third-order valence-corrected chi connectivity index (χ3v) is 11.2. The molecule has 0 saturated carbocycles. The van der Waals surface area contributed by atoms with E-state index in [1.54, 1.807) is 24.3 Å². The fourth-order valence-electron chi connectivity index (χ4n) is 2.57. The van der Waals surface area contributed by atoms with Gasteiger partial charge in [-0.15, -0.1) is 69.9 Å². The maximum Gasteiger partial charge on any atom is 0.162 e. The molecule has 1 heterocycles. The second-order valence-electron chi connectivity index (χ2n) is 6.58. The third-order valence-electron chi connectivity index (χ3n) is 4.04. The average molecular weight is 846 g/mol. The number of fused-ring (bicyclic) bond motifs is 2. The van der Waals surface area contributed by atoms with E-state index in [0.29, 0.717) is 23.0 Å². The molecule has 0 amide bonds. The normalized spacial score (nSPS) is 24.7. The number of hydrogen-bond acceptors (Lipinski definition) is 6. The van der Waals surface area contributed by atoms with Crippen molar-refractivity contribution in [3.8, 4) is 23.0 Å². The van der Waals surface area contributed by atoms with Crippen molar-refractivity contribution in [1.82, 2.24) is 0 Å². The van der Waals surface area contributed by atoms with E-state index in [0.717, 1.165) is 17.9 Å². The highest BCUT2D eigenvalue weighted by molar-refractivity contribution is 9.13. The molecule has 2 aromatic carbocycles. The molecule has 14 heteroatoms. The predicted octanol–water partition coefficient (Wildman–Crippen LogP) is 9.69. The Balaban J connectivity index is 1.80. The van der Waals surface area contributed by atoms with E-state index in [1.807, 2.05) is 0 Å². The first-order chi connectivity index (χ1) is 16.1. The molecule has 34 heavy (non-hydrogen) atoms. The van der Waals surface area contributed by atoms with Crippen LogP contribution in [0, 0.1) is 0 Å². The number of alkyl halides is 4. The Morgan fingerprint density at radius 1 is 0.500 bits per heavy atom.